The van der Waals surface area contributed by atoms with Crippen LogP contribution in [0.4, 0.5) is 0 Å². The molecule has 0 saturated heterocycles. The number of hydrogen-bond acceptors (Lipinski definition) is 2. The molecule has 0 aliphatic carbocycles. The van der Waals surface area contributed by atoms with Gasteiger partial charge < -0.3 is 9.64 Å². The molecular weight excluding hydrogens is 382 g/mol. The standard InChI is InChI=1S/C28H25NO2/c1-29(2)28(30)25-12-6-10-24-11-7-13-26(27(24)25)31-20-23-18-16-22(17-19-23)15-14-21-8-4-3-5-9-21/h3-19H,20H2,1-2H3. The van der Waals surface area contributed by atoms with Crippen molar-refractivity contribution >= 4 is 28.8 Å². The second-order valence-corrected chi connectivity index (χ2v) is 7.63. The lowest BCUT2D eigenvalue weighted by molar-refractivity contribution is 0.0829. The number of benzene rings is 4. The predicted molar refractivity (Wildman–Crippen MR) is 128 cm³/mol. The zero-order chi connectivity index (χ0) is 21.6. The second kappa shape index (κ2) is 9.31. The SMILES string of the molecule is CN(C)C(=O)c1cccc2cccc(OCc3ccc(C=Cc4ccccc4)cc3)c12. The van der Waals surface area contributed by atoms with Gasteiger partial charge in [-0.3, -0.25) is 4.79 Å². The molecule has 4 aromatic carbocycles. The first-order valence-corrected chi connectivity index (χ1v) is 10.3. The van der Waals surface area contributed by atoms with Crippen LogP contribution in [-0.2, 0) is 6.61 Å². The average Bonchev–Trinajstić information content (AvgIpc) is 2.81. The lowest BCUT2D eigenvalue weighted by atomic mass is 10.0. The smallest absolute Gasteiger partial charge is 0.254 e. The first-order valence-electron chi connectivity index (χ1n) is 10.3. The zero-order valence-electron chi connectivity index (χ0n) is 17.8. The molecule has 1 amide bonds. The van der Waals surface area contributed by atoms with Crippen LogP contribution in [0.25, 0.3) is 22.9 Å². The fraction of sp³-hybridized carbons (Fsp3) is 0.107. The van der Waals surface area contributed by atoms with Gasteiger partial charge in [-0.15, -0.1) is 0 Å². The van der Waals surface area contributed by atoms with Gasteiger partial charge in [-0.2, -0.15) is 0 Å². The molecule has 154 valence electrons. The molecule has 0 aliphatic heterocycles. The Labute approximate surface area is 183 Å². The van der Waals surface area contributed by atoms with E-state index >= 15 is 0 Å². The summed E-state index contributed by atoms with van der Waals surface area (Å²) in [6.45, 7) is 0.437. The van der Waals surface area contributed by atoms with Crippen molar-refractivity contribution in [3.8, 4) is 5.75 Å². The van der Waals surface area contributed by atoms with Crippen LogP contribution >= 0.6 is 0 Å². The van der Waals surface area contributed by atoms with Crippen molar-refractivity contribution in [3.63, 3.8) is 0 Å². The third-order valence-electron chi connectivity index (χ3n) is 5.14. The molecule has 0 N–H and O–H groups in total. The summed E-state index contributed by atoms with van der Waals surface area (Å²) < 4.78 is 6.16. The highest BCUT2D eigenvalue weighted by Gasteiger charge is 2.15. The van der Waals surface area contributed by atoms with Crippen molar-refractivity contribution in [2.75, 3.05) is 14.1 Å². The van der Waals surface area contributed by atoms with E-state index in [1.54, 1.807) is 19.0 Å². The molecule has 0 aromatic heterocycles. The Morgan fingerprint density at radius 3 is 2.10 bits per heavy atom. The van der Waals surface area contributed by atoms with Gasteiger partial charge in [-0.25, -0.2) is 0 Å². The molecule has 0 bridgehead atoms. The summed E-state index contributed by atoms with van der Waals surface area (Å²) in [5.41, 5.74) is 4.04. The van der Waals surface area contributed by atoms with Crippen molar-refractivity contribution in [1.29, 1.82) is 0 Å². The molecule has 0 spiro atoms. The number of carbonyl (C=O) groups is 1. The van der Waals surface area contributed by atoms with Gasteiger partial charge in [-0.1, -0.05) is 91.0 Å². The number of carbonyl (C=O) groups excluding carboxylic acids is 1. The Kier molecular flexibility index (Phi) is 6.13. The van der Waals surface area contributed by atoms with Gasteiger partial charge in [0.15, 0.2) is 0 Å². The summed E-state index contributed by atoms with van der Waals surface area (Å²) >= 11 is 0. The van der Waals surface area contributed by atoms with E-state index in [1.807, 2.05) is 54.6 Å². The fourth-order valence-electron chi connectivity index (χ4n) is 3.49. The van der Waals surface area contributed by atoms with Crippen LogP contribution in [0.5, 0.6) is 5.75 Å². The predicted octanol–water partition coefficient (Wildman–Crippen LogP) is 6.29. The number of fused-ring (bicyclic) bond motifs is 1. The normalized spacial score (nSPS) is 11.0. The topological polar surface area (TPSA) is 29.5 Å². The van der Waals surface area contributed by atoms with E-state index in [9.17, 15) is 4.79 Å². The quantitative estimate of drug-likeness (QED) is 0.352. The van der Waals surface area contributed by atoms with Crippen LogP contribution in [0.2, 0.25) is 0 Å². The third kappa shape index (κ3) is 4.84. The zero-order valence-corrected chi connectivity index (χ0v) is 17.8. The van der Waals surface area contributed by atoms with Crippen molar-refractivity contribution in [3.05, 3.63) is 113 Å². The first kappa shape index (κ1) is 20.4. The molecule has 0 unspecified atom stereocenters. The summed E-state index contributed by atoms with van der Waals surface area (Å²) in [4.78, 5) is 14.2. The van der Waals surface area contributed by atoms with Crippen molar-refractivity contribution < 1.29 is 9.53 Å². The van der Waals surface area contributed by atoms with E-state index in [0.29, 0.717) is 12.2 Å². The van der Waals surface area contributed by atoms with Crippen LogP contribution in [0.1, 0.15) is 27.0 Å². The van der Waals surface area contributed by atoms with E-state index in [2.05, 4.69) is 48.6 Å². The Morgan fingerprint density at radius 2 is 1.42 bits per heavy atom. The van der Waals surface area contributed by atoms with Gasteiger partial charge in [0.25, 0.3) is 5.91 Å². The molecule has 0 fully saturated rings. The highest BCUT2D eigenvalue weighted by Crippen LogP contribution is 2.30. The second-order valence-electron chi connectivity index (χ2n) is 7.63. The summed E-state index contributed by atoms with van der Waals surface area (Å²) in [6, 6.07) is 30.2. The van der Waals surface area contributed by atoms with E-state index in [4.69, 9.17) is 4.74 Å². The highest BCUT2D eigenvalue weighted by atomic mass is 16.5. The lowest BCUT2D eigenvalue weighted by Crippen LogP contribution is -2.22. The maximum atomic E-state index is 12.7. The maximum absolute atomic E-state index is 12.7. The van der Waals surface area contributed by atoms with Crippen molar-refractivity contribution in [2.45, 2.75) is 6.61 Å². The van der Waals surface area contributed by atoms with Crippen molar-refractivity contribution in [2.24, 2.45) is 0 Å². The average molecular weight is 408 g/mol. The van der Waals surface area contributed by atoms with Crippen molar-refractivity contribution in [1.82, 2.24) is 4.90 Å². The van der Waals surface area contributed by atoms with E-state index in [-0.39, 0.29) is 5.91 Å². The van der Waals surface area contributed by atoms with Gasteiger partial charge in [0.1, 0.15) is 12.4 Å². The Balaban J connectivity index is 1.52. The molecular formula is C28H25NO2. The minimum absolute atomic E-state index is 0.0313. The fourth-order valence-corrected chi connectivity index (χ4v) is 3.49. The Hall–Kier alpha value is -3.85. The van der Waals surface area contributed by atoms with Gasteiger partial charge in [-0.05, 0) is 34.2 Å². The number of ether oxygens (including phenoxy) is 1. The van der Waals surface area contributed by atoms with Crippen LogP contribution in [0, 0.1) is 0 Å². The Bertz CT molecular complexity index is 1200. The molecule has 0 aliphatic rings. The summed E-state index contributed by atoms with van der Waals surface area (Å²) in [7, 11) is 3.52. The molecule has 0 saturated carbocycles. The minimum atomic E-state index is -0.0313. The van der Waals surface area contributed by atoms with Gasteiger partial charge in [0.2, 0.25) is 0 Å². The molecule has 4 rings (SSSR count). The molecule has 0 atom stereocenters. The van der Waals surface area contributed by atoms with Crippen LogP contribution < -0.4 is 4.74 Å². The summed E-state index contributed by atoms with van der Waals surface area (Å²) in [5.74, 6) is 0.688. The highest BCUT2D eigenvalue weighted by molar-refractivity contribution is 6.09. The van der Waals surface area contributed by atoms with Gasteiger partial charge in [0, 0.05) is 19.5 Å². The number of amides is 1. The van der Waals surface area contributed by atoms with E-state index in [1.165, 1.54) is 5.56 Å². The molecule has 0 heterocycles. The Morgan fingerprint density at radius 1 is 0.774 bits per heavy atom. The molecule has 0 radical (unpaired) electrons. The van der Waals surface area contributed by atoms with Gasteiger partial charge in [0.05, 0.1) is 5.56 Å². The van der Waals surface area contributed by atoms with E-state index < -0.39 is 0 Å². The van der Waals surface area contributed by atoms with Gasteiger partial charge >= 0.3 is 0 Å². The van der Waals surface area contributed by atoms with Crippen LogP contribution in [0.3, 0.4) is 0 Å². The van der Waals surface area contributed by atoms with Crippen LogP contribution in [-0.4, -0.2) is 24.9 Å². The minimum Gasteiger partial charge on any atom is -0.488 e. The molecule has 4 aromatic rings. The first-order chi connectivity index (χ1) is 15.1. The van der Waals surface area contributed by atoms with E-state index in [0.717, 1.165) is 27.6 Å². The lowest BCUT2D eigenvalue weighted by Gasteiger charge is -2.15. The third-order valence-corrected chi connectivity index (χ3v) is 5.14. The summed E-state index contributed by atoms with van der Waals surface area (Å²) in [5, 5.41) is 1.85. The maximum Gasteiger partial charge on any atom is 0.254 e. The van der Waals surface area contributed by atoms with Crippen LogP contribution in [0.15, 0.2) is 91.0 Å². The monoisotopic (exact) mass is 407 g/mol. The number of nitrogens with zero attached hydrogens (tertiary/aromatic N) is 1. The number of rotatable bonds is 6. The molecule has 31 heavy (non-hydrogen) atoms. The number of hydrogen-bond donors (Lipinski definition) is 0. The molecule has 3 nitrogen and oxygen atoms in total. The summed E-state index contributed by atoms with van der Waals surface area (Å²) in [6.07, 6.45) is 4.20. The molecule has 3 heteroatoms. The largest absolute Gasteiger partial charge is 0.488 e.